The van der Waals surface area contributed by atoms with E-state index in [4.69, 9.17) is 14.2 Å². The summed E-state index contributed by atoms with van der Waals surface area (Å²) in [5.41, 5.74) is 1.08. The van der Waals surface area contributed by atoms with Gasteiger partial charge < -0.3 is 14.2 Å². The topological polar surface area (TPSA) is 27.7 Å². The van der Waals surface area contributed by atoms with Gasteiger partial charge >= 0.3 is 0 Å². The van der Waals surface area contributed by atoms with Crippen molar-refractivity contribution in [1.29, 1.82) is 0 Å². The number of ether oxygens (including phenoxy) is 3. The summed E-state index contributed by atoms with van der Waals surface area (Å²) in [5.74, 6) is -0.388. The van der Waals surface area contributed by atoms with Crippen molar-refractivity contribution in [2.75, 3.05) is 19.8 Å². The Morgan fingerprint density at radius 1 is 1.44 bits per heavy atom. The SMILES string of the molecule is C=C(C)COCCCCC1COC(C)(C)O1. The second-order valence-electron chi connectivity index (χ2n) is 4.96. The van der Waals surface area contributed by atoms with Crippen LogP contribution in [-0.4, -0.2) is 31.7 Å². The second kappa shape index (κ2) is 6.38. The summed E-state index contributed by atoms with van der Waals surface area (Å²) in [5, 5.41) is 0. The lowest BCUT2D eigenvalue weighted by Gasteiger charge is -2.16. The molecule has 0 radical (unpaired) electrons. The van der Waals surface area contributed by atoms with Crippen molar-refractivity contribution in [2.24, 2.45) is 0 Å². The van der Waals surface area contributed by atoms with Crippen LogP contribution >= 0.6 is 0 Å². The van der Waals surface area contributed by atoms with E-state index >= 15 is 0 Å². The number of unbranched alkanes of at least 4 members (excludes halogenated alkanes) is 1. The molecule has 16 heavy (non-hydrogen) atoms. The van der Waals surface area contributed by atoms with E-state index in [2.05, 4.69) is 6.58 Å². The van der Waals surface area contributed by atoms with E-state index in [0.717, 1.165) is 38.0 Å². The molecule has 3 heteroatoms. The van der Waals surface area contributed by atoms with Gasteiger partial charge in [-0.05, 0) is 40.0 Å². The predicted octanol–water partition coefficient (Wildman–Crippen LogP) is 2.90. The average Bonchev–Trinajstić information content (AvgIpc) is 2.51. The van der Waals surface area contributed by atoms with Gasteiger partial charge in [-0.2, -0.15) is 0 Å². The van der Waals surface area contributed by atoms with Gasteiger partial charge in [-0.25, -0.2) is 0 Å². The molecule has 0 amide bonds. The smallest absolute Gasteiger partial charge is 0.163 e. The number of rotatable bonds is 7. The molecule has 0 aromatic heterocycles. The van der Waals surface area contributed by atoms with E-state index in [1.807, 2.05) is 20.8 Å². The standard InChI is InChI=1S/C13H24O3/c1-11(2)9-14-8-6-5-7-12-10-15-13(3,4)16-12/h12H,1,5-10H2,2-4H3. The average molecular weight is 228 g/mol. The minimum Gasteiger partial charge on any atom is -0.377 e. The summed E-state index contributed by atoms with van der Waals surface area (Å²) in [4.78, 5) is 0. The summed E-state index contributed by atoms with van der Waals surface area (Å²) < 4.78 is 16.6. The van der Waals surface area contributed by atoms with Gasteiger partial charge in [0.2, 0.25) is 0 Å². The van der Waals surface area contributed by atoms with E-state index < -0.39 is 0 Å². The fourth-order valence-corrected chi connectivity index (χ4v) is 1.73. The van der Waals surface area contributed by atoms with E-state index in [1.54, 1.807) is 0 Å². The first-order valence-electron chi connectivity index (χ1n) is 6.03. The van der Waals surface area contributed by atoms with Crippen LogP contribution in [0.4, 0.5) is 0 Å². The monoisotopic (exact) mass is 228 g/mol. The van der Waals surface area contributed by atoms with Crippen molar-refractivity contribution < 1.29 is 14.2 Å². The van der Waals surface area contributed by atoms with Crippen LogP contribution in [0.5, 0.6) is 0 Å². The van der Waals surface area contributed by atoms with Crippen LogP contribution in [0.2, 0.25) is 0 Å². The summed E-state index contributed by atoms with van der Waals surface area (Å²) in [7, 11) is 0. The highest BCUT2D eigenvalue weighted by Crippen LogP contribution is 2.24. The molecular weight excluding hydrogens is 204 g/mol. The zero-order valence-electron chi connectivity index (χ0n) is 10.8. The van der Waals surface area contributed by atoms with E-state index in [-0.39, 0.29) is 11.9 Å². The van der Waals surface area contributed by atoms with Crippen LogP contribution in [0.3, 0.4) is 0 Å². The lowest BCUT2D eigenvalue weighted by atomic mass is 10.2. The summed E-state index contributed by atoms with van der Waals surface area (Å²) >= 11 is 0. The summed E-state index contributed by atoms with van der Waals surface area (Å²) in [6, 6.07) is 0. The molecule has 0 spiro atoms. The zero-order chi connectivity index (χ0) is 12.0. The molecule has 1 rings (SSSR count). The number of hydrogen-bond donors (Lipinski definition) is 0. The van der Waals surface area contributed by atoms with Crippen LogP contribution in [0.25, 0.3) is 0 Å². The Bertz CT molecular complexity index is 223. The van der Waals surface area contributed by atoms with Crippen molar-refractivity contribution in [3.8, 4) is 0 Å². The van der Waals surface area contributed by atoms with Crippen molar-refractivity contribution in [3.05, 3.63) is 12.2 Å². The van der Waals surface area contributed by atoms with E-state index in [1.165, 1.54) is 0 Å². The second-order valence-corrected chi connectivity index (χ2v) is 4.96. The van der Waals surface area contributed by atoms with Crippen LogP contribution < -0.4 is 0 Å². The first kappa shape index (κ1) is 13.7. The highest BCUT2D eigenvalue weighted by molar-refractivity contribution is 4.87. The maximum absolute atomic E-state index is 5.72. The maximum atomic E-state index is 5.72. The molecule has 1 heterocycles. The molecule has 1 saturated heterocycles. The van der Waals surface area contributed by atoms with E-state index in [9.17, 15) is 0 Å². The van der Waals surface area contributed by atoms with Crippen LogP contribution in [0.15, 0.2) is 12.2 Å². The fraction of sp³-hybridized carbons (Fsp3) is 0.846. The lowest BCUT2D eigenvalue weighted by molar-refractivity contribution is -0.139. The first-order chi connectivity index (χ1) is 7.49. The third-order valence-corrected chi connectivity index (χ3v) is 2.48. The minimum absolute atomic E-state index is 0.260. The third kappa shape index (κ3) is 5.64. The molecule has 1 atom stereocenters. The Morgan fingerprint density at radius 2 is 2.19 bits per heavy atom. The van der Waals surface area contributed by atoms with Crippen molar-refractivity contribution in [3.63, 3.8) is 0 Å². The fourth-order valence-electron chi connectivity index (χ4n) is 1.73. The normalized spacial score (nSPS) is 23.6. The van der Waals surface area contributed by atoms with Gasteiger partial charge in [0.1, 0.15) is 0 Å². The Hall–Kier alpha value is -0.380. The van der Waals surface area contributed by atoms with Gasteiger partial charge in [0.05, 0.1) is 19.3 Å². The van der Waals surface area contributed by atoms with E-state index in [0.29, 0.717) is 6.61 Å². The lowest BCUT2D eigenvalue weighted by Crippen LogP contribution is -2.21. The molecule has 0 bridgehead atoms. The van der Waals surface area contributed by atoms with Crippen LogP contribution in [-0.2, 0) is 14.2 Å². The zero-order valence-corrected chi connectivity index (χ0v) is 10.8. The van der Waals surface area contributed by atoms with Crippen molar-refractivity contribution in [1.82, 2.24) is 0 Å². The van der Waals surface area contributed by atoms with Crippen LogP contribution in [0.1, 0.15) is 40.0 Å². The highest BCUT2D eigenvalue weighted by Gasteiger charge is 2.31. The van der Waals surface area contributed by atoms with Crippen molar-refractivity contribution in [2.45, 2.75) is 51.9 Å². The third-order valence-electron chi connectivity index (χ3n) is 2.48. The Morgan fingerprint density at radius 3 is 2.75 bits per heavy atom. The Labute approximate surface area is 98.8 Å². The van der Waals surface area contributed by atoms with Gasteiger partial charge in [0.15, 0.2) is 5.79 Å². The molecule has 1 fully saturated rings. The molecule has 3 nitrogen and oxygen atoms in total. The van der Waals surface area contributed by atoms with Crippen LogP contribution in [0, 0.1) is 0 Å². The van der Waals surface area contributed by atoms with Gasteiger partial charge in [-0.3, -0.25) is 0 Å². The molecule has 1 aliphatic heterocycles. The molecular formula is C13H24O3. The Balaban J connectivity index is 1.94. The Kier molecular flexibility index (Phi) is 5.46. The molecule has 0 N–H and O–H groups in total. The van der Waals surface area contributed by atoms with Gasteiger partial charge in [-0.15, -0.1) is 0 Å². The van der Waals surface area contributed by atoms with Gasteiger partial charge in [-0.1, -0.05) is 12.2 Å². The summed E-state index contributed by atoms with van der Waals surface area (Å²) in [6.07, 6.45) is 3.52. The maximum Gasteiger partial charge on any atom is 0.163 e. The van der Waals surface area contributed by atoms with Crippen molar-refractivity contribution >= 4 is 0 Å². The molecule has 0 aromatic rings. The highest BCUT2D eigenvalue weighted by atomic mass is 16.7. The quantitative estimate of drug-likeness (QED) is 0.495. The molecule has 0 aliphatic carbocycles. The molecule has 1 unspecified atom stereocenters. The largest absolute Gasteiger partial charge is 0.377 e. The minimum atomic E-state index is -0.388. The van der Waals surface area contributed by atoms with Gasteiger partial charge in [0, 0.05) is 6.61 Å². The summed E-state index contributed by atoms with van der Waals surface area (Å²) in [6.45, 7) is 11.9. The molecule has 0 saturated carbocycles. The first-order valence-corrected chi connectivity index (χ1v) is 6.03. The molecule has 1 aliphatic rings. The number of hydrogen-bond acceptors (Lipinski definition) is 3. The molecule has 0 aromatic carbocycles. The predicted molar refractivity (Wildman–Crippen MR) is 64.4 cm³/mol. The van der Waals surface area contributed by atoms with Gasteiger partial charge in [0.25, 0.3) is 0 Å². The molecule has 94 valence electrons.